The average molecular weight is 258 g/mol. The van der Waals surface area contributed by atoms with Gasteiger partial charge in [-0.3, -0.25) is 4.79 Å². The zero-order valence-corrected chi connectivity index (χ0v) is 12.2. The van der Waals surface area contributed by atoms with Crippen molar-refractivity contribution >= 4 is 17.7 Å². The Balaban J connectivity index is 2.46. The Morgan fingerprint density at radius 3 is 2.53 bits per heavy atom. The highest BCUT2D eigenvalue weighted by atomic mass is 32.2. The van der Waals surface area contributed by atoms with E-state index in [4.69, 9.17) is 0 Å². The number of hydrogen-bond donors (Lipinski definition) is 1. The van der Waals surface area contributed by atoms with Gasteiger partial charge in [-0.2, -0.15) is 11.8 Å². The predicted octanol–water partition coefficient (Wildman–Crippen LogP) is 1.98. The van der Waals surface area contributed by atoms with E-state index >= 15 is 0 Å². The summed E-state index contributed by atoms with van der Waals surface area (Å²) < 4.78 is 0. The first-order valence-corrected chi connectivity index (χ1v) is 7.92. The van der Waals surface area contributed by atoms with Gasteiger partial charge >= 0.3 is 0 Å². The Labute approximate surface area is 110 Å². The van der Waals surface area contributed by atoms with Crippen LogP contribution in [0.15, 0.2) is 0 Å². The van der Waals surface area contributed by atoms with Gasteiger partial charge in [0.05, 0.1) is 6.04 Å². The monoisotopic (exact) mass is 258 g/mol. The molecular weight excluding hydrogens is 232 g/mol. The number of hydrogen-bond acceptors (Lipinski definition) is 3. The molecule has 0 aromatic carbocycles. The zero-order chi connectivity index (χ0) is 12.7. The van der Waals surface area contributed by atoms with Gasteiger partial charge in [-0.15, -0.1) is 0 Å². The van der Waals surface area contributed by atoms with Gasteiger partial charge in [0.15, 0.2) is 0 Å². The number of carbonyl (C=O) groups is 1. The highest BCUT2D eigenvalue weighted by molar-refractivity contribution is 7.99. The second-order valence-corrected chi connectivity index (χ2v) is 6.19. The van der Waals surface area contributed by atoms with Crippen LogP contribution >= 0.6 is 11.8 Å². The second kappa shape index (κ2) is 7.98. The summed E-state index contributed by atoms with van der Waals surface area (Å²) >= 11 is 1.94. The number of thioether (sulfide) groups is 1. The number of nitrogens with zero attached hydrogens (tertiary/aromatic N) is 1. The lowest BCUT2D eigenvalue weighted by atomic mass is 10.0. The van der Waals surface area contributed by atoms with E-state index in [1.165, 1.54) is 6.42 Å². The summed E-state index contributed by atoms with van der Waals surface area (Å²) in [4.78, 5) is 14.4. The summed E-state index contributed by atoms with van der Waals surface area (Å²) in [7, 11) is 0. The van der Waals surface area contributed by atoms with Crippen LogP contribution in [-0.2, 0) is 4.79 Å². The molecule has 0 saturated carbocycles. The maximum Gasteiger partial charge on any atom is 0.240 e. The molecule has 0 bridgehead atoms. The van der Waals surface area contributed by atoms with Gasteiger partial charge in [-0.05, 0) is 18.9 Å². The van der Waals surface area contributed by atoms with Crippen LogP contribution in [-0.4, -0.2) is 48.0 Å². The van der Waals surface area contributed by atoms with Crippen molar-refractivity contribution in [3.63, 3.8) is 0 Å². The number of nitrogens with one attached hydrogen (secondary N) is 1. The SMILES string of the molecule is CCCCN[C@H](C(=O)N1CCSCC1)C(C)C. The zero-order valence-electron chi connectivity index (χ0n) is 11.4. The maximum absolute atomic E-state index is 12.4. The van der Waals surface area contributed by atoms with Crippen LogP contribution in [0.2, 0.25) is 0 Å². The number of unbranched alkanes of at least 4 members (excludes halogenated alkanes) is 1. The van der Waals surface area contributed by atoms with Crippen molar-refractivity contribution in [1.29, 1.82) is 0 Å². The summed E-state index contributed by atoms with van der Waals surface area (Å²) in [6.07, 6.45) is 2.32. The lowest BCUT2D eigenvalue weighted by Gasteiger charge is -2.32. The molecule has 1 saturated heterocycles. The highest BCUT2D eigenvalue weighted by Crippen LogP contribution is 2.13. The maximum atomic E-state index is 12.4. The van der Waals surface area contributed by atoms with Crippen molar-refractivity contribution < 1.29 is 4.79 Å². The van der Waals surface area contributed by atoms with Gasteiger partial charge in [-0.25, -0.2) is 0 Å². The van der Waals surface area contributed by atoms with Crippen molar-refractivity contribution in [2.24, 2.45) is 5.92 Å². The minimum atomic E-state index is 0.00431. The lowest BCUT2D eigenvalue weighted by Crippen LogP contribution is -2.51. The fourth-order valence-electron chi connectivity index (χ4n) is 2.02. The van der Waals surface area contributed by atoms with E-state index in [0.717, 1.165) is 37.6 Å². The van der Waals surface area contributed by atoms with E-state index in [0.29, 0.717) is 11.8 Å². The molecule has 1 amide bonds. The quantitative estimate of drug-likeness (QED) is 0.739. The fourth-order valence-corrected chi connectivity index (χ4v) is 2.93. The summed E-state index contributed by atoms with van der Waals surface area (Å²) in [5, 5.41) is 3.42. The van der Waals surface area contributed by atoms with E-state index in [-0.39, 0.29) is 6.04 Å². The molecule has 0 radical (unpaired) electrons. The third kappa shape index (κ3) is 4.88. The first-order chi connectivity index (χ1) is 8.16. The van der Waals surface area contributed by atoms with Crippen LogP contribution in [0.1, 0.15) is 33.6 Å². The third-order valence-corrected chi connectivity index (χ3v) is 4.09. The minimum absolute atomic E-state index is 0.00431. The first kappa shape index (κ1) is 14.8. The minimum Gasteiger partial charge on any atom is -0.340 e. The summed E-state index contributed by atoms with van der Waals surface area (Å²) in [6, 6.07) is 0.00431. The van der Waals surface area contributed by atoms with Crippen LogP contribution in [0.4, 0.5) is 0 Å². The Hall–Kier alpha value is -0.220. The molecule has 1 heterocycles. The van der Waals surface area contributed by atoms with Gasteiger partial charge in [0, 0.05) is 24.6 Å². The molecule has 4 heteroatoms. The normalized spacial score (nSPS) is 18.5. The topological polar surface area (TPSA) is 32.3 Å². The molecule has 3 nitrogen and oxygen atoms in total. The Bertz CT molecular complexity index is 227. The molecule has 1 rings (SSSR count). The molecule has 1 aliphatic heterocycles. The largest absolute Gasteiger partial charge is 0.340 e. The van der Waals surface area contributed by atoms with E-state index in [9.17, 15) is 4.79 Å². The van der Waals surface area contributed by atoms with E-state index in [1.807, 2.05) is 16.7 Å². The Morgan fingerprint density at radius 1 is 1.35 bits per heavy atom. The molecule has 1 N–H and O–H groups in total. The van der Waals surface area contributed by atoms with Gasteiger partial charge in [0.1, 0.15) is 0 Å². The first-order valence-electron chi connectivity index (χ1n) is 6.76. The van der Waals surface area contributed by atoms with E-state index < -0.39 is 0 Å². The molecule has 1 atom stereocenters. The van der Waals surface area contributed by atoms with Crippen LogP contribution < -0.4 is 5.32 Å². The summed E-state index contributed by atoms with van der Waals surface area (Å²) in [5.74, 6) is 2.85. The van der Waals surface area contributed by atoms with Crippen molar-refractivity contribution in [1.82, 2.24) is 10.2 Å². The number of amides is 1. The second-order valence-electron chi connectivity index (χ2n) is 4.97. The van der Waals surface area contributed by atoms with Gasteiger partial charge < -0.3 is 10.2 Å². The molecule has 0 spiro atoms. The standard InChI is InChI=1S/C13H26N2OS/c1-4-5-6-14-12(11(2)3)13(16)15-7-9-17-10-8-15/h11-12,14H,4-10H2,1-3H3/t12-/m0/s1. The molecule has 1 aliphatic rings. The van der Waals surface area contributed by atoms with Crippen molar-refractivity contribution in [3.8, 4) is 0 Å². The molecule has 100 valence electrons. The van der Waals surface area contributed by atoms with E-state index in [2.05, 4.69) is 26.1 Å². The molecule has 1 fully saturated rings. The number of carbonyl (C=O) groups excluding carboxylic acids is 1. The highest BCUT2D eigenvalue weighted by Gasteiger charge is 2.27. The summed E-state index contributed by atoms with van der Waals surface area (Å²) in [6.45, 7) is 9.22. The average Bonchev–Trinajstić information content (AvgIpc) is 2.34. The van der Waals surface area contributed by atoms with Gasteiger partial charge in [0.25, 0.3) is 0 Å². The Kier molecular flexibility index (Phi) is 6.97. The van der Waals surface area contributed by atoms with Crippen molar-refractivity contribution in [2.75, 3.05) is 31.1 Å². The molecule has 0 unspecified atom stereocenters. The van der Waals surface area contributed by atoms with Crippen molar-refractivity contribution in [3.05, 3.63) is 0 Å². The third-order valence-electron chi connectivity index (χ3n) is 3.15. The van der Waals surface area contributed by atoms with Crippen LogP contribution in [0, 0.1) is 5.92 Å². The lowest BCUT2D eigenvalue weighted by molar-refractivity contribution is -0.134. The number of rotatable bonds is 6. The molecule has 0 aromatic heterocycles. The molecule has 0 aliphatic carbocycles. The van der Waals surface area contributed by atoms with Crippen LogP contribution in [0.5, 0.6) is 0 Å². The van der Waals surface area contributed by atoms with Crippen molar-refractivity contribution in [2.45, 2.75) is 39.7 Å². The van der Waals surface area contributed by atoms with Crippen LogP contribution in [0.25, 0.3) is 0 Å². The Morgan fingerprint density at radius 2 is 2.00 bits per heavy atom. The van der Waals surface area contributed by atoms with E-state index in [1.54, 1.807) is 0 Å². The van der Waals surface area contributed by atoms with Crippen LogP contribution in [0.3, 0.4) is 0 Å². The molecular formula is C13H26N2OS. The summed E-state index contributed by atoms with van der Waals surface area (Å²) in [5.41, 5.74) is 0. The molecule has 17 heavy (non-hydrogen) atoms. The smallest absolute Gasteiger partial charge is 0.240 e. The van der Waals surface area contributed by atoms with Gasteiger partial charge in [0.2, 0.25) is 5.91 Å². The predicted molar refractivity (Wildman–Crippen MR) is 75.4 cm³/mol. The van der Waals surface area contributed by atoms with Gasteiger partial charge in [-0.1, -0.05) is 27.2 Å². The molecule has 0 aromatic rings. The fraction of sp³-hybridized carbons (Fsp3) is 0.923.